The molecule has 0 saturated heterocycles. The zero-order chi connectivity index (χ0) is 29.0. The van der Waals surface area contributed by atoms with E-state index in [1.54, 1.807) is 31.7 Å². The van der Waals surface area contributed by atoms with Gasteiger partial charge in [0.25, 0.3) is 5.91 Å². The van der Waals surface area contributed by atoms with Crippen LogP contribution in [0.15, 0.2) is 42.5 Å². The summed E-state index contributed by atoms with van der Waals surface area (Å²) in [7, 11) is 0. The van der Waals surface area contributed by atoms with E-state index in [4.69, 9.17) is 16.3 Å². The van der Waals surface area contributed by atoms with Gasteiger partial charge in [-0.1, -0.05) is 67.4 Å². The molecule has 2 aromatic carbocycles. The van der Waals surface area contributed by atoms with Crippen molar-refractivity contribution in [3.05, 3.63) is 64.2 Å². The molecule has 0 saturated carbocycles. The first-order valence-electron chi connectivity index (χ1n) is 12.9. The van der Waals surface area contributed by atoms with Crippen molar-refractivity contribution >= 4 is 35.2 Å². The largest absolute Gasteiger partial charge is 0.444 e. The quantitative estimate of drug-likeness (QED) is 0.401. The molecule has 2 rings (SSSR count). The highest BCUT2D eigenvalue weighted by molar-refractivity contribution is 6.34. The Morgan fingerprint density at radius 3 is 2.05 bits per heavy atom. The van der Waals surface area contributed by atoms with Gasteiger partial charge in [-0.3, -0.25) is 9.59 Å². The maximum atomic E-state index is 14.3. The van der Waals surface area contributed by atoms with Crippen molar-refractivity contribution in [2.24, 2.45) is 5.92 Å². The standard InChI is InChI=1S/C30H42ClN3O4/c1-18(2)23(33-28(37)38-30(8,9)10)27(36)34(29(5,6)7)25(21-15-11-13-19(3)17-21)26(35)32-24-20(4)14-12-16-22(24)31/h11-18,23,25H,1-10H3,(H,32,35)(H,33,37). The molecule has 0 aliphatic rings. The molecular formula is C30H42ClN3O4. The van der Waals surface area contributed by atoms with Crippen molar-refractivity contribution in [2.45, 2.75) is 92.5 Å². The fourth-order valence-electron chi connectivity index (χ4n) is 4.18. The smallest absolute Gasteiger partial charge is 0.408 e. The highest BCUT2D eigenvalue weighted by Gasteiger charge is 2.43. The molecule has 0 spiro atoms. The van der Waals surface area contributed by atoms with Crippen LogP contribution in [0.4, 0.5) is 10.5 Å². The lowest BCUT2D eigenvalue weighted by atomic mass is 9.92. The van der Waals surface area contributed by atoms with Gasteiger partial charge in [0, 0.05) is 5.54 Å². The van der Waals surface area contributed by atoms with Crippen LogP contribution in [0.1, 0.15) is 78.1 Å². The summed E-state index contributed by atoms with van der Waals surface area (Å²) in [6, 6.07) is 11.0. The Labute approximate surface area is 232 Å². The molecule has 0 aliphatic carbocycles. The summed E-state index contributed by atoms with van der Waals surface area (Å²) in [5.74, 6) is -1.07. The lowest BCUT2D eigenvalue weighted by molar-refractivity contribution is -0.147. The second kappa shape index (κ2) is 12.2. The van der Waals surface area contributed by atoms with E-state index in [1.165, 1.54) is 0 Å². The first-order valence-corrected chi connectivity index (χ1v) is 13.3. The molecule has 2 aromatic rings. The summed E-state index contributed by atoms with van der Waals surface area (Å²) < 4.78 is 5.43. The average molecular weight is 544 g/mol. The number of benzene rings is 2. The van der Waals surface area contributed by atoms with E-state index in [2.05, 4.69) is 10.6 Å². The van der Waals surface area contributed by atoms with Crippen LogP contribution >= 0.6 is 11.6 Å². The topological polar surface area (TPSA) is 87.7 Å². The predicted octanol–water partition coefficient (Wildman–Crippen LogP) is 6.81. The van der Waals surface area contributed by atoms with Crippen LogP contribution in [0.3, 0.4) is 0 Å². The van der Waals surface area contributed by atoms with Gasteiger partial charge >= 0.3 is 6.09 Å². The Balaban J connectivity index is 2.62. The summed E-state index contributed by atoms with van der Waals surface area (Å²) >= 11 is 6.43. The lowest BCUT2D eigenvalue weighted by Crippen LogP contribution is -2.59. The van der Waals surface area contributed by atoms with E-state index in [9.17, 15) is 14.4 Å². The summed E-state index contributed by atoms with van der Waals surface area (Å²) in [5.41, 5.74) is 1.37. The molecule has 2 unspecified atom stereocenters. The molecule has 38 heavy (non-hydrogen) atoms. The minimum absolute atomic E-state index is 0.271. The zero-order valence-corrected chi connectivity index (χ0v) is 25.0. The lowest BCUT2D eigenvalue weighted by Gasteiger charge is -2.43. The minimum atomic E-state index is -1.00. The summed E-state index contributed by atoms with van der Waals surface area (Å²) in [4.78, 5) is 42.6. The predicted molar refractivity (Wildman–Crippen MR) is 153 cm³/mol. The molecule has 0 heterocycles. The fraction of sp³-hybridized carbons (Fsp3) is 0.500. The number of amides is 3. The van der Waals surface area contributed by atoms with Gasteiger partial charge in [0.05, 0.1) is 10.7 Å². The number of anilines is 1. The van der Waals surface area contributed by atoms with E-state index in [0.717, 1.165) is 11.1 Å². The number of alkyl carbamates (subject to hydrolysis) is 1. The van der Waals surface area contributed by atoms with Crippen LogP contribution in [-0.4, -0.2) is 40.0 Å². The molecule has 0 aromatic heterocycles. The van der Waals surface area contributed by atoms with Crippen molar-refractivity contribution in [1.29, 1.82) is 0 Å². The fourth-order valence-corrected chi connectivity index (χ4v) is 4.45. The summed E-state index contributed by atoms with van der Waals surface area (Å²) in [6.45, 7) is 18.4. The van der Waals surface area contributed by atoms with Crippen molar-refractivity contribution in [2.75, 3.05) is 5.32 Å². The molecule has 208 valence electrons. The van der Waals surface area contributed by atoms with Gasteiger partial charge in [0.1, 0.15) is 17.7 Å². The van der Waals surface area contributed by atoms with Gasteiger partial charge in [-0.05, 0) is 78.5 Å². The minimum Gasteiger partial charge on any atom is -0.444 e. The Bertz CT molecular complexity index is 1140. The normalized spacial score (nSPS) is 13.5. The van der Waals surface area contributed by atoms with Crippen LogP contribution in [-0.2, 0) is 14.3 Å². The molecule has 2 N–H and O–H groups in total. The number of nitrogens with zero attached hydrogens (tertiary/aromatic N) is 1. The molecule has 3 amide bonds. The average Bonchev–Trinajstić information content (AvgIpc) is 2.75. The molecular weight excluding hydrogens is 502 g/mol. The van der Waals surface area contributed by atoms with Gasteiger partial charge in [0.2, 0.25) is 5.91 Å². The van der Waals surface area contributed by atoms with Gasteiger partial charge in [-0.2, -0.15) is 0 Å². The van der Waals surface area contributed by atoms with Gasteiger partial charge < -0.3 is 20.3 Å². The number of halogens is 1. The number of aryl methyl sites for hydroxylation is 2. The van der Waals surface area contributed by atoms with Crippen molar-refractivity contribution < 1.29 is 19.1 Å². The summed E-state index contributed by atoms with van der Waals surface area (Å²) in [5, 5.41) is 6.12. The number of hydrogen-bond acceptors (Lipinski definition) is 4. The number of hydrogen-bond donors (Lipinski definition) is 2. The monoisotopic (exact) mass is 543 g/mol. The van der Waals surface area contributed by atoms with Gasteiger partial charge in [-0.15, -0.1) is 0 Å². The molecule has 7 nitrogen and oxygen atoms in total. The maximum Gasteiger partial charge on any atom is 0.408 e. The third-order valence-corrected chi connectivity index (χ3v) is 6.21. The van der Waals surface area contributed by atoms with Crippen molar-refractivity contribution in [3.63, 3.8) is 0 Å². The van der Waals surface area contributed by atoms with E-state index in [-0.39, 0.29) is 5.92 Å². The number of rotatable bonds is 7. The number of carbonyl (C=O) groups excluding carboxylic acids is 3. The highest BCUT2D eigenvalue weighted by Crippen LogP contribution is 2.34. The molecule has 0 radical (unpaired) electrons. The summed E-state index contributed by atoms with van der Waals surface area (Å²) in [6.07, 6.45) is -0.693. The third kappa shape index (κ3) is 8.22. The third-order valence-electron chi connectivity index (χ3n) is 5.90. The van der Waals surface area contributed by atoms with Gasteiger partial charge in [-0.25, -0.2) is 4.79 Å². The van der Waals surface area contributed by atoms with Crippen LogP contribution < -0.4 is 10.6 Å². The molecule has 0 aliphatic heterocycles. The van der Waals surface area contributed by atoms with E-state index >= 15 is 0 Å². The van der Waals surface area contributed by atoms with Crippen molar-refractivity contribution in [1.82, 2.24) is 10.2 Å². The Hall–Kier alpha value is -3.06. The van der Waals surface area contributed by atoms with E-state index < -0.39 is 41.1 Å². The zero-order valence-electron chi connectivity index (χ0n) is 24.2. The van der Waals surface area contributed by atoms with E-state index in [1.807, 2.05) is 84.9 Å². The maximum absolute atomic E-state index is 14.3. The number of carbonyl (C=O) groups is 3. The second-order valence-electron chi connectivity index (χ2n) is 12.0. The Kier molecular flexibility index (Phi) is 10.0. The first-order chi connectivity index (χ1) is 17.4. The van der Waals surface area contributed by atoms with Crippen molar-refractivity contribution in [3.8, 4) is 0 Å². The van der Waals surface area contributed by atoms with Crippen LogP contribution in [0.2, 0.25) is 5.02 Å². The Morgan fingerprint density at radius 1 is 0.947 bits per heavy atom. The SMILES string of the molecule is Cc1cccc(C(C(=O)Nc2c(C)cccc2Cl)N(C(=O)C(NC(=O)OC(C)(C)C)C(C)C)C(C)(C)C)c1. The second-order valence-corrected chi connectivity index (χ2v) is 12.4. The highest BCUT2D eigenvalue weighted by atomic mass is 35.5. The molecule has 0 fully saturated rings. The van der Waals surface area contributed by atoms with Crippen LogP contribution in [0.5, 0.6) is 0 Å². The number of nitrogens with one attached hydrogen (secondary N) is 2. The molecule has 2 atom stereocenters. The van der Waals surface area contributed by atoms with Gasteiger partial charge in [0.15, 0.2) is 0 Å². The molecule has 0 bridgehead atoms. The van der Waals surface area contributed by atoms with Crippen LogP contribution in [0.25, 0.3) is 0 Å². The Morgan fingerprint density at radius 2 is 1.55 bits per heavy atom. The van der Waals surface area contributed by atoms with Crippen LogP contribution in [0, 0.1) is 19.8 Å². The first kappa shape index (κ1) is 31.2. The van der Waals surface area contributed by atoms with E-state index in [0.29, 0.717) is 16.3 Å². The number of para-hydroxylation sites is 1. The molecule has 8 heteroatoms. The number of ether oxygens (including phenoxy) is 1.